The van der Waals surface area contributed by atoms with E-state index in [0.29, 0.717) is 0 Å². The summed E-state index contributed by atoms with van der Waals surface area (Å²) in [5.41, 5.74) is 12.6. The summed E-state index contributed by atoms with van der Waals surface area (Å²) < 4.78 is 0. The van der Waals surface area contributed by atoms with Gasteiger partial charge >= 0.3 is 59.1 Å². The van der Waals surface area contributed by atoms with E-state index in [1.807, 2.05) is 0 Å². The van der Waals surface area contributed by atoms with E-state index >= 15 is 0 Å². The van der Waals surface area contributed by atoms with E-state index in [2.05, 4.69) is 0 Å². The zero-order valence-electron chi connectivity index (χ0n) is 6.23. The molecule has 0 atom stereocenters. The summed E-state index contributed by atoms with van der Waals surface area (Å²) in [5.74, 6) is -1.57. The Labute approximate surface area is 104 Å². The third-order valence-corrected chi connectivity index (χ3v) is 0.579. The second-order valence-corrected chi connectivity index (χ2v) is 1.35. The van der Waals surface area contributed by atoms with Gasteiger partial charge in [0.25, 0.3) is 0 Å². The SMILES string of the molecule is [NH-]C(=O)CCC([NH-])=O.[Na+].[Na+]. The van der Waals surface area contributed by atoms with Crippen molar-refractivity contribution in [2.75, 3.05) is 0 Å². The van der Waals surface area contributed by atoms with E-state index in [0.717, 1.165) is 0 Å². The summed E-state index contributed by atoms with van der Waals surface area (Å²) >= 11 is 0. The van der Waals surface area contributed by atoms with E-state index in [1.165, 1.54) is 0 Å². The normalized spacial score (nSPS) is 6.80. The van der Waals surface area contributed by atoms with Crippen molar-refractivity contribution in [2.45, 2.75) is 12.8 Å². The van der Waals surface area contributed by atoms with Crippen LogP contribution in [0.3, 0.4) is 0 Å². The summed E-state index contributed by atoms with van der Waals surface area (Å²) in [6, 6.07) is 0. The number of nitrogens with one attached hydrogen (secondary N) is 2. The van der Waals surface area contributed by atoms with Crippen molar-refractivity contribution in [3.05, 3.63) is 11.5 Å². The molecule has 46 valence electrons. The van der Waals surface area contributed by atoms with E-state index < -0.39 is 11.8 Å². The van der Waals surface area contributed by atoms with Crippen molar-refractivity contribution in [2.24, 2.45) is 0 Å². The molecule has 0 aromatic heterocycles. The quantitative estimate of drug-likeness (QED) is 0.387. The molecule has 0 fully saturated rings. The van der Waals surface area contributed by atoms with E-state index in [9.17, 15) is 9.59 Å². The van der Waals surface area contributed by atoms with Crippen LogP contribution in [0.4, 0.5) is 0 Å². The number of hydrogen-bond donors (Lipinski definition) is 0. The van der Waals surface area contributed by atoms with Crippen molar-refractivity contribution in [1.29, 1.82) is 0 Å². The van der Waals surface area contributed by atoms with Crippen LogP contribution in [-0.2, 0) is 9.59 Å². The molecule has 10 heavy (non-hydrogen) atoms. The molecule has 0 aliphatic rings. The smallest absolute Gasteiger partial charge is 0.668 e. The largest absolute Gasteiger partial charge is 1.00 e. The minimum Gasteiger partial charge on any atom is -0.668 e. The van der Waals surface area contributed by atoms with Gasteiger partial charge in [-0.05, 0) is 12.8 Å². The average molecular weight is 160 g/mol. The molecule has 0 aliphatic carbocycles. The van der Waals surface area contributed by atoms with Gasteiger partial charge in [0.2, 0.25) is 0 Å². The predicted molar refractivity (Wildman–Crippen MR) is 27.9 cm³/mol. The summed E-state index contributed by atoms with van der Waals surface area (Å²) in [6.07, 6.45) is -0.245. The molecule has 0 aliphatic heterocycles. The minimum atomic E-state index is -0.786. The first-order valence-electron chi connectivity index (χ1n) is 2.12. The van der Waals surface area contributed by atoms with E-state index in [-0.39, 0.29) is 72.0 Å². The molecule has 2 N–H and O–H groups in total. The molecule has 0 aromatic carbocycles. The summed E-state index contributed by atoms with van der Waals surface area (Å²) in [5, 5.41) is 0. The topological polar surface area (TPSA) is 81.7 Å². The van der Waals surface area contributed by atoms with E-state index in [4.69, 9.17) is 11.5 Å². The number of amides is 2. The van der Waals surface area contributed by atoms with Gasteiger partial charge in [-0.2, -0.15) is 0 Å². The Morgan fingerprint density at radius 2 is 1.10 bits per heavy atom. The molecule has 0 bridgehead atoms. The van der Waals surface area contributed by atoms with Gasteiger partial charge in [-0.15, -0.1) is 0 Å². The van der Waals surface area contributed by atoms with Crippen LogP contribution >= 0.6 is 0 Å². The van der Waals surface area contributed by atoms with Crippen molar-refractivity contribution >= 4 is 11.8 Å². The molecule has 6 heteroatoms. The number of carbonyl (C=O) groups is 2. The summed E-state index contributed by atoms with van der Waals surface area (Å²) in [7, 11) is 0. The molecule has 0 radical (unpaired) electrons. The molecule has 0 saturated heterocycles. The van der Waals surface area contributed by atoms with Crippen molar-refractivity contribution in [1.82, 2.24) is 0 Å². The predicted octanol–water partition coefficient (Wildman–Crippen LogP) is -5.07. The van der Waals surface area contributed by atoms with E-state index in [1.54, 1.807) is 0 Å². The molecule has 0 spiro atoms. The van der Waals surface area contributed by atoms with Crippen LogP contribution in [0.2, 0.25) is 0 Å². The van der Waals surface area contributed by atoms with Crippen LogP contribution in [-0.4, -0.2) is 11.8 Å². The first kappa shape index (κ1) is 17.1. The first-order chi connectivity index (χ1) is 3.63. The standard InChI is InChI=1S/C4H8N2O2.2Na/c5-3(7)1-2-4(6)8;;/h1-2H2,(H4,5,6,7,8);;/q;2*+1/p-2. The third kappa shape index (κ3) is 16.0. The van der Waals surface area contributed by atoms with Gasteiger partial charge in [-0.25, -0.2) is 0 Å². The second-order valence-electron chi connectivity index (χ2n) is 1.35. The fraction of sp³-hybridized carbons (Fsp3) is 0.500. The molecule has 0 heterocycles. The Balaban J connectivity index is -0.000000245. The van der Waals surface area contributed by atoms with Crippen LogP contribution in [0.15, 0.2) is 0 Å². The molecular formula is C4H6N2Na2O2. The number of rotatable bonds is 3. The van der Waals surface area contributed by atoms with Crippen molar-refractivity contribution < 1.29 is 68.7 Å². The maximum Gasteiger partial charge on any atom is 1.00 e. The Bertz CT molecular complexity index is 104. The average Bonchev–Trinajstić information content (AvgIpc) is 1.61. The second kappa shape index (κ2) is 9.94. The molecule has 0 unspecified atom stereocenters. The van der Waals surface area contributed by atoms with Gasteiger partial charge in [-0.3, -0.25) is 0 Å². The molecule has 0 saturated carbocycles. The Kier molecular flexibility index (Phi) is 17.0. The third-order valence-electron chi connectivity index (χ3n) is 0.579. The number of hydrogen-bond acceptors (Lipinski definition) is 2. The van der Waals surface area contributed by atoms with Crippen LogP contribution in [0.1, 0.15) is 12.8 Å². The molecule has 0 rings (SSSR count). The first-order valence-corrected chi connectivity index (χ1v) is 2.12. The van der Waals surface area contributed by atoms with Gasteiger partial charge in [-0.1, -0.05) is 0 Å². The van der Waals surface area contributed by atoms with Crippen LogP contribution in [0, 0.1) is 0 Å². The molecule has 0 aromatic rings. The minimum absolute atomic E-state index is 0. The fourth-order valence-corrected chi connectivity index (χ4v) is 0.227. The van der Waals surface area contributed by atoms with Crippen LogP contribution in [0.25, 0.3) is 11.5 Å². The zero-order valence-corrected chi connectivity index (χ0v) is 10.2. The molecule has 2 amide bonds. The molecule has 4 nitrogen and oxygen atoms in total. The summed E-state index contributed by atoms with van der Waals surface area (Å²) in [6.45, 7) is 0. The monoisotopic (exact) mass is 160 g/mol. The van der Waals surface area contributed by atoms with Crippen LogP contribution < -0.4 is 59.1 Å². The summed E-state index contributed by atoms with van der Waals surface area (Å²) in [4.78, 5) is 19.6. The fourth-order valence-electron chi connectivity index (χ4n) is 0.227. The maximum absolute atomic E-state index is 9.78. The van der Waals surface area contributed by atoms with Crippen molar-refractivity contribution in [3.8, 4) is 0 Å². The number of carbonyl (C=O) groups excluding carboxylic acids is 2. The van der Waals surface area contributed by atoms with Gasteiger partial charge in [0.1, 0.15) is 0 Å². The van der Waals surface area contributed by atoms with Gasteiger partial charge in [0, 0.05) is 11.8 Å². The Morgan fingerprint density at radius 3 is 1.20 bits per heavy atom. The maximum atomic E-state index is 9.78. The Hall–Kier alpha value is 0.940. The molecular weight excluding hydrogens is 154 g/mol. The zero-order chi connectivity index (χ0) is 6.57. The van der Waals surface area contributed by atoms with Gasteiger partial charge in [0.15, 0.2) is 0 Å². The Morgan fingerprint density at radius 1 is 0.900 bits per heavy atom. The van der Waals surface area contributed by atoms with Crippen molar-refractivity contribution in [3.63, 3.8) is 0 Å². The van der Waals surface area contributed by atoms with Gasteiger partial charge < -0.3 is 21.1 Å². The van der Waals surface area contributed by atoms with Crippen LogP contribution in [0.5, 0.6) is 0 Å². The van der Waals surface area contributed by atoms with Gasteiger partial charge in [0.05, 0.1) is 0 Å².